The highest BCUT2D eigenvalue weighted by Gasteiger charge is 2.19. The van der Waals surface area contributed by atoms with Gasteiger partial charge in [0.1, 0.15) is 13.2 Å². The van der Waals surface area contributed by atoms with Crippen LogP contribution in [0.15, 0.2) is 60.8 Å². The Labute approximate surface area is 358 Å². The molecule has 334 valence electrons. The van der Waals surface area contributed by atoms with Gasteiger partial charge in [-0.25, -0.2) is 0 Å². The summed E-state index contributed by atoms with van der Waals surface area (Å²) in [5, 5.41) is 0. The Kier molecular flexibility index (Phi) is 44.5. The van der Waals surface area contributed by atoms with Gasteiger partial charge in [-0.2, -0.15) is 0 Å². The summed E-state index contributed by atoms with van der Waals surface area (Å²) in [4.78, 5) is 37.8. The van der Waals surface area contributed by atoms with Gasteiger partial charge in [0.15, 0.2) is 6.10 Å². The van der Waals surface area contributed by atoms with Gasteiger partial charge >= 0.3 is 17.9 Å². The van der Waals surface area contributed by atoms with Gasteiger partial charge in [0.2, 0.25) is 0 Å². The van der Waals surface area contributed by atoms with Gasteiger partial charge < -0.3 is 14.2 Å². The van der Waals surface area contributed by atoms with Crippen molar-refractivity contribution in [1.82, 2.24) is 0 Å². The second-order valence-corrected chi connectivity index (χ2v) is 16.0. The van der Waals surface area contributed by atoms with Gasteiger partial charge in [0.05, 0.1) is 0 Å². The first-order valence-electron chi connectivity index (χ1n) is 24.3. The van der Waals surface area contributed by atoms with Crippen molar-refractivity contribution < 1.29 is 28.6 Å². The minimum atomic E-state index is -0.790. The number of allylic oxidation sites excluding steroid dienone is 10. The van der Waals surface area contributed by atoms with Crippen molar-refractivity contribution in [3.63, 3.8) is 0 Å². The fourth-order valence-corrected chi connectivity index (χ4v) is 6.62. The van der Waals surface area contributed by atoms with Gasteiger partial charge in [-0.1, -0.05) is 197 Å². The Morgan fingerprint density at radius 3 is 1.22 bits per heavy atom. The lowest BCUT2D eigenvalue weighted by Gasteiger charge is -2.18. The molecule has 0 aromatic carbocycles. The van der Waals surface area contributed by atoms with E-state index >= 15 is 0 Å². The normalized spacial score (nSPS) is 12.5. The second kappa shape index (κ2) is 46.8. The molecule has 0 spiro atoms. The summed E-state index contributed by atoms with van der Waals surface area (Å²) >= 11 is 0. The summed E-state index contributed by atoms with van der Waals surface area (Å²) in [6.45, 7) is 6.44. The monoisotopic (exact) mass is 811 g/mol. The molecule has 0 saturated heterocycles. The topological polar surface area (TPSA) is 78.9 Å². The van der Waals surface area contributed by atoms with Crippen LogP contribution in [0.3, 0.4) is 0 Å². The number of unbranched alkanes of at least 4 members (excludes halogenated alkanes) is 23. The van der Waals surface area contributed by atoms with Crippen LogP contribution in [0.5, 0.6) is 0 Å². The van der Waals surface area contributed by atoms with Crippen LogP contribution in [0, 0.1) is 0 Å². The second-order valence-electron chi connectivity index (χ2n) is 16.0. The first-order chi connectivity index (χ1) is 28.5. The molecule has 1 atom stereocenters. The van der Waals surface area contributed by atoms with E-state index < -0.39 is 6.10 Å². The maximum Gasteiger partial charge on any atom is 0.306 e. The highest BCUT2D eigenvalue weighted by atomic mass is 16.6. The predicted molar refractivity (Wildman–Crippen MR) is 247 cm³/mol. The Morgan fingerprint density at radius 1 is 0.379 bits per heavy atom. The molecular weight excluding hydrogens is 721 g/mol. The molecule has 6 nitrogen and oxygen atoms in total. The summed E-state index contributed by atoms with van der Waals surface area (Å²) < 4.78 is 16.7. The molecule has 0 aromatic rings. The first-order valence-corrected chi connectivity index (χ1v) is 24.3. The molecular formula is C52H90O6. The molecule has 0 aromatic heterocycles. The van der Waals surface area contributed by atoms with Gasteiger partial charge in [0, 0.05) is 19.3 Å². The van der Waals surface area contributed by atoms with Crippen LogP contribution in [-0.4, -0.2) is 37.2 Å². The summed E-state index contributed by atoms with van der Waals surface area (Å²) in [5.41, 5.74) is 0. The third kappa shape index (κ3) is 44.2. The van der Waals surface area contributed by atoms with E-state index in [0.29, 0.717) is 19.3 Å². The molecule has 6 heteroatoms. The molecule has 0 saturated carbocycles. The Bertz CT molecular complexity index is 1070. The van der Waals surface area contributed by atoms with Crippen LogP contribution in [-0.2, 0) is 28.6 Å². The van der Waals surface area contributed by atoms with Crippen LogP contribution in [0.1, 0.15) is 233 Å². The molecule has 0 N–H and O–H groups in total. The number of rotatable bonds is 43. The van der Waals surface area contributed by atoms with Gasteiger partial charge in [-0.3, -0.25) is 14.4 Å². The molecule has 0 bridgehead atoms. The number of carbonyl (C=O) groups is 3. The lowest BCUT2D eigenvalue weighted by molar-refractivity contribution is -0.167. The number of ether oxygens (including phenoxy) is 3. The number of hydrogen-bond donors (Lipinski definition) is 0. The summed E-state index contributed by atoms with van der Waals surface area (Å²) in [6, 6.07) is 0. The summed E-state index contributed by atoms with van der Waals surface area (Å²) in [7, 11) is 0. The first kappa shape index (κ1) is 55.1. The minimum Gasteiger partial charge on any atom is -0.462 e. The Balaban J connectivity index is 4.43. The Hall–Kier alpha value is -2.89. The summed E-state index contributed by atoms with van der Waals surface area (Å²) in [6.07, 6.45) is 56.3. The molecule has 0 aliphatic heterocycles. The van der Waals surface area contributed by atoms with Crippen LogP contribution in [0.2, 0.25) is 0 Å². The van der Waals surface area contributed by atoms with E-state index in [2.05, 4.69) is 81.5 Å². The van der Waals surface area contributed by atoms with Crippen LogP contribution < -0.4 is 0 Å². The molecule has 0 fully saturated rings. The minimum absolute atomic E-state index is 0.0912. The van der Waals surface area contributed by atoms with Crippen LogP contribution in [0.4, 0.5) is 0 Å². The zero-order valence-electron chi connectivity index (χ0n) is 38.0. The number of carbonyl (C=O) groups excluding carboxylic acids is 3. The lowest BCUT2D eigenvalue weighted by atomic mass is 10.0. The molecule has 0 amide bonds. The van der Waals surface area contributed by atoms with Gasteiger partial charge in [-0.05, 0) is 77.0 Å². The molecule has 0 aliphatic rings. The molecule has 0 heterocycles. The zero-order chi connectivity index (χ0) is 42.3. The van der Waals surface area contributed by atoms with Crippen molar-refractivity contribution >= 4 is 17.9 Å². The highest BCUT2D eigenvalue weighted by Crippen LogP contribution is 2.14. The Morgan fingerprint density at radius 2 is 0.724 bits per heavy atom. The fraction of sp³-hybridized carbons (Fsp3) is 0.750. The van der Waals surface area contributed by atoms with E-state index in [9.17, 15) is 14.4 Å². The standard InChI is InChI=1S/C52H90O6/c1-4-7-10-13-16-19-22-25-26-28-30-33-36-39-42-45-51(54)57-48-49(47-56-50(53)44-41-38-35-32-29-24-21-18-15-12-9-6-3)58-52(55)46-43-40-37-34-31-27-23-20-17-14-11-8-5-2/h9,12,16,18-19,21-22,25,29,32,49H,4-8,10-11,13-15,17,20,23-24,26-28,30-31,33-48H2,1-3H3/b12-9-,19-16-,21-18-,25-22-,32-29-. The van der Waals surface area contributed by atoms with E-state index in [1.165, 1.54) is 109 Å². The third-order valence-electron chi connectivity index (χ3n) is 10.3. The van der Waals surface area contributed by atoms with E-state index in [4.69, 9.17) is 14.2 Å². The van der Waals surface area contributed by atoms with E-state index in [1.807, 2.05) is 0 Å². The van der Waals surface area contributed by atoms with Crippen LogP contribution >= 0.6 is 0 Å². The smallest absolute Gasteiger partial charge is 0.306 e. The molecule has 1 unspecified atom stereocenters. The molecule has 0 rings (SSSR count). The lowest BCUT2D eigenvalue weighted by Crippen LogP contribution is -2.30. The third-order valence-corrected chi connectivity index (χ3v) is 10.3. The maximum absolute atomic E-state index is 12.7. The SMILES string of the molecule is CC/C=C\C/C=C\C/C=C\CCCCC(=O)OCC(COC(=O)CCCCCCCC/C=C\C=C/CCCCC)OC(=O)CCCCCCCCCCCCCCC. The van der Waals surface area contributed by atoms with E-state index in [-0.39, 0.29) is 31.1 Å². The quantitative estimate of drug-likeness (QED) is 0.0201. The van der Waals surface area contributed by atoms with Gasteiger partial charge in [-0.15, -0.1) is 0 Å². The van der Waals surface area contributed by atoms with E-state index in [0.717, 1.165) is 83.5 Å². The van der Waals surface area contributed by atoms with Crippen molar-refractivity contribution in [2.24, 2.45) is 0 Å². The average Bonchev–Trinajstić information content (AvgIpc) is 3.22. The van der Waals surface area contributed by atoms with Crippen LogP contribution in [0.25, 0.3) is 0 Å². The van der Waals surface area contributed by atoms with Gasteiger partial charge in [0.25, 0.3) is 0 Å². The molecule has 58 heavy (non-hydrogen) atoms. The average molecular weight is 811 g/mol. The summed E-state index contributed by atoms with van der Waals surface area (Å²) in [5.74, 6) is -0.941. The van der Waals surface area contributed by atoms with Crippen molar-refractivity contribution in [3.8, 4) is 0 Å². The highest BCUT2D eigenvalue weighted by molar-refractivity contribution is 5.71. The van der Waals surface area contributed by atoms with Crippen molar-refractivity contribution in [2.45, 2.75) is 239 Å². The molecule has 0 aliphatic carbocycles. The van der Waals surface area contributed by atoms with Crippen molar-refractivity contribution in [1.29, 1.82) is 0 Å². The number of hydrogen-bond acceptors (Lipinski definition) is 6. The largest absolute Gasteiger partial charge is 0.462 e. The predicted octanol–water partition coefficient (Wildman–Crippen LogP) is 15.7. The van der Waals surface area contributed by atoms with Crippen molar-refractivity contribution in [2.75, 3.05) is 13.2 Å². The maximum atomic E-state index is 12.7. The van der Waals surface area contributed by atoms with E-state index in [1.54, 1.807) is 0 Å². The fourth-order valence-electron chi connectivity index (χ4n) is 6.62. The molecule has 0 radical (unpaired) electrons. The van der Waals surface area contributed by atoms with Crippen molar-refractivity contribution in [3.05, 3.63) is 60.8 Å². The zero-order valence-corrected chi connectivity index (χ0v) is 38.0. The number of esters is 3.